The first-order valence-corrected chi connectivity index (χ1v) is 9.79. The van der Waals surface area contributed by atoms with Crippen molar-refractivity contribution in [1.29, 1.82) is 0 Å². The highest BCUT2D eigenvalue weighted by molar-refractivity contribution is 8.00. The van der Waals surface area contributed by atoms with Crippen molar-refractivity contribution in [2.24, 2.45) is 5.73 Å². The van der Waals surface area contributed by atoms with E-state index in [1.165, 1.54) is 11.8 Å². The van der Waals surface area contributed by atoms with Crippen molar-refractivity contribution >= 4 is 41.2 Å². The molecule has 1 aliphatic rings. The van der Waals surface area contributed by atoms with E-state index in [0.717, 1.165) is 4.90 Å². The monoisotopic (exact) mass is 412 g/mol. The number of anilines is 1. The van der Waals surface area contributed by atoms with Crippen molar-refractivity contribution in [3.05, 3.63) is 60.2 Å². The second-order valence-corrected chi connectivity index (χ2v) is 7.63. The van der Waals surface area contributed by atoms with Gasteiger partial charge >= 0.3 is 6.03 Å². The lowest BCUT2D eigenvalue weighted by Crippen LogP contribution is -2.42. The molecule has 0 aromatic heterocycles. The minimum atomic E-state index is -1.23. The minimum absolute atomic E-state index is 0.0648. The molecule has 0 radical (unpaired) electrons. The Bertz CT molecular complexity index is 966. The molecule has 9 heteroatoms. The Balaban J connectivity index is 1.71. The molecule has 3 rings (SSSR count). The number of amides is 5. The van der Waals surface area contributed by atoms with E-state index in [9.17, 15) is 19.2 Å². The maximum atomic E-state index is 12.9. The Morgan fingerprint density at radius 1 is 1.10 bits per heavy atom. The third-order valence-corrected chi connectivity index (χ3v) is 5.55. The van der Waals surface area contributed by atoms with Crippen LogP contribution in [0.4, 0.5) is 10.5 Å². The van der Waals surface area contributed by atoms with Gasteiger partial charge in [0.05, 0.1) is 11.4 Å². The van der Waals surface area contributed by atoms with E-state index in [4.69, 9.17) is 5.73 Å². The van der Waals surface area contributed by atoms with Gasteiger partial charge in [-0.2, -0.15) is 0 Å². The van der Waals surface area contributed by atoms with Gasteiger partial charge in [0.25, 0.3) is 5.91 Å². The van der Waals surface area contributed by atoms with Crippen molar-refractivity contribution in [1.82, 2.24) is 10.2 Å². The van der Waals surface area contributed by atoms with Crippen LogP contribution in [0.1, 0.15) is 12.5 Å². The minimum Gasteiger partial charge on any atom is -0.369 e. The summed E-state index contributed by atoms with van der Waals surface area (Å²) >= 11 is 1.19. The molecule has 1 atom stereocenters. The summed E-state index contributed by atoms with van der Waals surface area (Å²) in [7, 11) is 0. The smallest absolute Gasteiger partial charge is 0.325 e. The van der Waals surface area contributed by atoms with E-state index >= 15 is 0 Å². The highest BCUT2D eigenvalue weighted by atomic mass is 32.2. The molecule has 2 aromatic carbocycles. The van der Waals surface area contributed by atoms with Crippen LogP contribution in [0.25, 0.3) is 0 Å². The van der Waals surface area contributed by atoms with Crippen molar-refractivity contribution < 1.29 is 19.2 Å². The Morgan fingerprint density at radius 2 is 1.76 bits per heavy atom. The largest absolute Gasteiger partial charge is 0.369 e. The number of hydrogen-bond donors (Lipinski definition) is 3. The molecule has 4 N–H and O–H groups in total. The standard InChI is InChI=1S/C20H20N4O4S/c1-20(13-7-3-2-4-8-13)18(27)24(19(28)23-20)11-17(26)22-14-9-5-6-10-15(14)29-12-16(21)25/h2-10H,11-12H2,1H3,(H2,21,25)(H,22,26)(H,23,28)/t20-/m1/s1. The van der Waals surface area contributed by atoms with Gasteiger partial charge in [0.15, 0.2) is 0 Å². The second kappa shape index (κ2) is 8.36. The topological polar surface area (TPSA) is 122 Å². The fourth-order valence-electron chi connectivity index (χ4n) is 2.99. The summed E-state index contributed by atoms with van der Waals surface area (Å²) < 4.78 is 0. The normalized spacial score (nSPS) is 18.4. The van der Waals surface area contributed by atoms with Crippen LogP contribution in [0.5, 0.6) is 0 Å². The first kappa shape index (κ1) is 20.4. The van der Waals surface area contributed by atoms with Crippen LogP contribution in [-0.4, -0.2) is 41.0 Å². The van der Waals surface area contributed by atoms with E-state index in [-0.39, 0.29) is 5.75 Å². The van der Waals surface area contributed by atoms with Gasteiger partial charge in [-0.05, 0) is 24.6 Å². The quantitative estimate of drug-likeness (QED) is 0.472. The van der Waals surface area contributed by atoms with Gasteiger partial charge in [-0.25, -0.2) is 4.79 Å². The zero-order valence-electron chi connectivity index (χ0n) is 15.7. The van der Waals surface area contributed by atoms with Gasteiger partial charge < -0.3 is 16.4 Å². The van der Waals surface area contributed by atoms with Gasteiger partial charge in [0, 0.05) is 4.90 Å². The number of nitrogens with two attached hydrogens (primary N) is 1. The van der Waals surface area contributed by atoms with Gasteiger partial charge in [0.2, 0.25) is 11.8 Å². The average Bonchev–Trinajstić information content (AvgIpc) is 2.92. The number of primary amides is 1. The van der Waals surface area contributed by atoms with Crippen LogP contribution in [0.3, 0.4) is 0 Å². The molecule has 1 saturated heterocycles. The molecular formula is C20H20N4O4S. The molecule has 1 aliphatic heterocycles. The maximum Gasteiger partial charge on any atom is 0.325 e. The second-order valence-electron chi connectivity index (χ2n) is 6.61. The molecule has 0 unspecified atom stereocenters. The van der Waals surface area contributed by atoms with Crippen LogP contribution in [0, 0.1) is 0 Å². The molecule has 0 bridgehead atoms. The molecule has 0 aliphatic carbocycles. The molecule has 5 amide bonds. The summed E-state index contributed by atoms with van der Waals surface area (Å²) in [5.74, 6) is -1.44. The van der Waals surface area contributed by atoms with E-state index in [1.807, 2.05) is 6.07 Å². The molecule has 1 heterocycles. The van der Waals surface area contributed by atoms with E-state index in [2.05, 4.69) is 10.6 Å². The fourth-order valence-corrected chi connectivity index (χ4v) is 3.73. The van der Waals surface area contributed by atoms with Crippen LogP contribution >= 0.6 is 11.8 Å². The number of benzene rings is 2. The van der Waals surface area contributed by atoms with E-state index in [1.54, 1.807) is 55.5 Å². The molecule has 150 valence electrons. The lowest BCUT2D eigenvalue weighted by Gasteiger charge is -2.22. The van der Waals surface area contributed by atoms with Gasteiger partial charge in [-0.1, -0.05) is 42.5 Å². The first-order valence-electron chi connectivity index (χ1n) is 8.81. The average molecular weight is 412 g/mol. The Hall–Kier alpha value is -3.33. The van der Waals surface area contributed by atoms with Crippen LogP contribution < -0.4 is 16.4 Å². The highest BCUT2D eigenvalue weighted by Gasteiger charge is 2.49. The molecule has 0 saturated carbocycles. The van der Waals surface area contributed by atoms with Crippen molar-refractivity contribution in [3.8, 4) is 0 Å². The number of urea groups is 1. The van der Waals surface area contributed by atoms with Gasteiger partial charge in [-0.15, -0.1) is 11.8 Å². The summed E-state index contributed by atoms with van der Waals surface area (Å²) in [5, 5.41) is 5.35. The maximum absolute atomic E-state index is 12.9. The Labute approximate surface area is 171 Å². The number of hydrogen-bond acceptors (Lipinski definition) is 5. The number of carbonyl (C=O) groups is 4. The molecule has 0 spiro atoms. The number of para-hydroxylation sites is 1. The van der Waals surface area contributed by atoms with E-state index < -0.39 is 35.8 Å². The van der Waals surface area contributed by atoms with E-state index in [0.29, 0.717) is 16.1 Å². The number of carbonyl (C=O) groups excluding carboxylic acids is 4. The lowest BCUT2D eigenvalue weighted by molar-refractivity contribution is -0.133. The van der Waals surface area contributed by atoms with Crippen LogP contribution in [0.15, 0.2) is 59.5 Å². The Kier molecular flexibility index (Phi) is 5.88. The number of nitrogens with one attached hydrogen (secondary N) is 2. The SMILES string of the molecule is C[C@]1(c2ccccc2)NC(=O)N(CC(=O)Nc2ccccc2SCC(N)=O)C1=O. The number of imide groups is 1. The van der Waals surface area contributed by atoms with Crippen LogP contribution in [0.2, 0.25) is 0 Å². The lowest BCUT2D eigenvalue weighted by atomic mass is 9.92. The summed E-state index contributed by atoms with van der Waals surface area (Å²) in [6.07, 6.45) is 0. The Morgan fingerprint density at radius 3 is 2.45 bits per heavy atom. The zero-order chi connectivity index (χ0) is 21.0. The van der Waals surface area contributed by atoms with Crippen molar-refractivity contribution in [2.45, 2.75) is 17.4 Å². The molecule has 29 heavy (non-hydrogen) atoms. The molecule has 2 aromatic rings. The summed E-state index contributed by atoms with van der Waals surface area (Å²) in [6.45, 7) is 1.18. The molecular weight excluding hydrogens is 392 g/mol. The summed E-state index contributed by atoms with van der Waals surface area (Å²) in [6, 6.07) is 15.1. The van der Waals surface area contributed by atoms with Crippen LogP contribution in [-0.2, 0) is 19.9 Å². The highest BCUT2D eigenvalue weighted by Crippen LogP contribution is 2.29. The predicted octanol–water partition coefficient (Wildman–Crippen LogP) is 1.67. The predicted molar refractivity (Wildman–Crippen MR) is 109 cm³/mol. The van der Waals surface area contributed by atoms with Crippen molar-refractivity contribution in [3.63, 3.8) is 0 Å². The fraction of sp³-hybridized carbons (Fsp3) is 0.200. The summed E-state index contributed by atoms with van der Waals surface area (Å²) in [4.78, 5) is 50.3. The third-order valence-electron chi connectivity index (χ3n) is 4.46. The first-order chi connectivity index (χ1) is 13.8. The number of thioether (sulfide) groups is 1. The summed E-state index contributed by atoms with van der Waals surface area (Å²) in [5.41, 5.74) is 5.05. The number of rotatable bonds is 7. The number of nitrogens with zero attached hydrogens (tertiary/aromatic N) is 1. The van der Waals surface area contributed by atoms with Gasteiger partial charge in [0.1, 0.15) is 12.1 Å². The van der Waals surface area contributed by atoms with Gasteiger partial charge in [-0.3, -0.25) is 19.3 Å². The zero-order valence-corrected chi connectivity index (χ0v) is 16.5. The molecule has 8 nitrogen and oxygen atoms in total. The van der Waals surface area contributed by atoms with Crippen molar-refractivity contribution in [2.75, 3.05) is 17.6 Å². The molecule has 1 fully saturated rings. The third kappa shape index (κ3) is 4.40.